The maximum absolute atomic E-state index is 13.6. The van der Waals surface area contributed by atoms with Gasteiger partial charge in [0, 0.05) is 25.3 Å². The summed E-state index contributed by atoms with van der Waals surface area (Å²) in [7, 11) is 0. The lowest BCUT2D eigenvalue weighted by Gasteiger charge is -2.31. The van der Waals surface area contributed by atoms with Crippen molar-refractivity contribution in [3.05, 3.63) is 107 Å². The quantitative estimate of drug-likeness (QED) is 0.356. The molecule has 0 aliphatic rings. The molecule has 0 saturated heterocycles. The van der Waals surface area contributed by atoms with E-state index in [1.807, 2.05) is 74.5 Å². The van der Waals surface area contributed by atoms with Gasteiger partial charge in [0.2, 0.25) is 11.8 Å². The molecule has 0 radical (unpaired) electrons. The number of benzene rings is 3. The van der Waals surface area contributed by atoms with Crippen LogP contribution in [0.4, 0.5) is 0 Å². The zero-order valence-corrected chi connectivity index (χ0v) is 21.8. The summed E-state index contributed by atoms with van der Waals surface area (Å²) >= 11 is 1.59. The first-order chi connectivity index (χ1) is 17.0. The smallest absolute Gasteiger partial charge is 0.243 e. The third-order valence-corrected chi connectivity index (χ3v) is 6.86. The average molecular weight is 489 g/mol. The summed E-state index contributed by atoms with van der Waals surface area (Å²) in [6.07, 6.45) is 1.33. The van der Waals surface area contributed by atoms with Crippen LogP contribution in [0.15, 0.2) is 78.9 Å². The van der Waals surface area contributed by atoms with E-state index in [0.29, 0.717) is 25.3 Å². The lowest BCUT2D eigenvalue weighted by atomic mass is 10.0. The average Bonchev–Trinajstić information content (AvgIpc) is 2.86. The van der Waals surface area contributed by atoms with E-state index in [-0.39, 0.29) is 11.8 Å². The highest BCUT2D eigenvalue weighted by atomic mass is 32.2. The van der Waals surface area contributed by atoms with Gasteiger partial charge in [-0.2, -0.15) is 0 Å². The van der Waals surface area contributed by atoms with Crippen molar-refractivity contribution in [1.82, 2.24) is 10.2 Å². The fourth-order valence-corrected chi connectivity index (χ4v) is 4.81. The van der Waals surface area contributed by atoms with Crippen molar-refractivity contribution in [2.75, 3.05) is 12.3 Å². The number of amides is 2. The van der Waals surface area contributed by atoms with Gasteiger partial charge in [0.05, 0.1) is 5.75 Å². The molecule has 184 valence electrons. The van der Waals surface area contributed by atoms with Crippen LogP contribution in [-0.4, -0.2) is 35.1 Å². The van der Waals surface area contributed by atoms with E-state index < -0.39 is 6.04 Å². The number of carbonyl (C=O) groups is 2. The minimum absolute atomic E-state index is 0.0178. The van der Waals surface area contributed by atoms with Gasteiger partial charge in [-0.15, -0.1) is 11.8 Å². The molecule has 3 aromatic carbocycles. The molecule has 0 fully saturated rings. The van der Waals surface area contributed by atoms with Crippen molar-refractivity contribution in [2.24, 2.45) is 0 Å². The van der Waals surface area contributed by atoms with Crippen LogP contribution in [0.3, 0.4) is 0 Å². The maximum atomic E-state index is 13.6. The van der Waals surface area contributed by atoms with Crippen LogP contribution in [-0.2, 0) is 28.3 Å². The molecule has 4 nitrogen and oxygen atoms in total. The van der Waals surface area contributed by atoms with E-state index in [1.165, 1.54) is 16.7 Å². The number of rotatable bonds is 12. The van der Waals surface area contributed by atoms with Crippen molar-refractivity contribution in [1.29, 1.82) is 0 Å². The zero-order chi connectivity index (χ0) is 25.0. The van der Waals surface area contributed by atoms with E-state index in [9.17, 15) is 9.59 Å². The Balaban J connectivity index is 1.82. The summed E-state index contributed by atoms with van der Waals surface area (Å²) in [5, 5.41) is 3.03. The Labute approximate surface area is 214 Å². The van der Waals surface area contributed by atoms with Gasteiger partial charge < -0.3 is 10.2 Å². The summed E-state index contributed by atoms with van der Waals surface area (Å²) in [5.41, 5.74) is 5.65. The van der Waals surface area contributed by atoms with E-state index in [4.69, 9.17) is 0 Å². The highest BCUT2D eigenvalue weighted by molar-refractivity contribution is 7.99. The first-order valence-electron chi connectivity index (χ1n) is 12.3. The molecule has 0 unspecified atom stereocenters. The van der Waals surface area contributed by atoms with Crippen LogP contribution < -0.4 is 5.32 Å². The van der Waals surface area contributed by atoms with Gasteiger partial charge in [-0.25, -0.2) is 0 Å². The van der Waals surface area contributed by atoms with Crippen molar-refractivity contribution in [2.45, 2.75) is 52.0 Å². The molecule has 0 heterocycles. The van der Waals surface area contributed by atoms with Crippen LogP contribution in [0, 0.1) is 13.8 Å². The SMILES string of the molecule is CCCNC(=O)[C@@H](Cc1ccccc1)N(Cc1ccc(C)cc1)C(=O)CSCc1cccc(C)c1. The van der Waals surface area contributed by atoms with Crippen molar-refractivity contribution in [3.8, 4) is 0 Å². The monoisotopic (exact) mass is 488 g/mol. The van der Waals surface area contributed by atoms with Gasteiger partial charge in [-0.05, 0) is 37.0 Å². The van der Waals surface area contributed by atoms with E-state index in [1.54, 1.807) is 16.7 Å². The Morgan fingerprint density at radius 2 is 1.57 bits per heavy atom. The molecule has 1 atom stereocenters. The molecule has 0 spiro atoms. The summed E-state index contributed by atoms with van der Waals surface area (Å²) < 4.78 is 0. The Hall–Kier alpha value is -3.05. The van der Waals surface area contributed by atoms with Gasteiger partial charge >= 0.3 is 0 Å². The summed E-state index contributed by atoms with van der Waals surface area (Å²) in [6, 6.07) is 25.9. The second kappa shape index (κ2) is 13.7. The Bertz CT molecular complexity index is 1080. The molecule has 5 heteroatoms. The van der Waals surface area contributed by atoms with Gasteiger partial charge in [-0.1, -0.05) is 96.9 Å². The molecule has 0 saturated carbocycles. The van der Waals surface area contributed by atoms with Gasteiger partial charge in [0.25, 0.3) is 0 Å². The standard InChI is InChI=1S/C30H36N2O2S/c1-4-17-31-30(34)28(19-25-10-6-5-7-11-25)32(20-26-15-13-23(2)14-16-26)29(33)22-35-21-27-12-8-9-24(3)18-27/h5-16,18,28H,4,17,19-22H2,1-3H3,(H,31,34)/t28-/m1/s1. The molecule has 2 amide bonds. The first-order valence-corrected chi connectivity index (χ1v) is 13.4. The number of aryl methyl sites for hydroxylation is 2. The third-order valence-electron chi connectivity index (χ3n) is 5.87. The second-order valence-corrected chi connectivity index (χ2v) is 9.97. The van der Waals surface area contributed by atoms with Crippen LogP contribution in [0.25, 0.3) is 0 Å². The zero-order valence-electron chi connectivity index (χ0n) is 21.0. The number of nitrogens with one attached hydrogen (secondary N) is 1. The third kappa shape index (κ3) is 8.59. The van der Waals surface area contributed by atoms with Crippen LogP contribution in [0.1, 0.15) is 41.2 Å². The fourth-order valence-electron chi connectivity index (χ4n) is 3.95. The van der Waals surface area contributed by atoms with Crippen molar-refractivity contribution < 1.29 is 9.59 Å². The second-order valence-electron chi connectivity index (χ2n) is 8.99. The Morgan fingerprint density at radius 3 is 2.26 bits per heavy atom. The largest absolute Gasteiger partial charge is 0.354 e. The molecule has 0 aliphatic carbocycles. The molecular formula is C30H36N2O2S. The van der Waals surface area contributed by atoms with Crippen molar-refractivity contribution in [3.63, 3.8) is 0 Å². The number of hydrogen-bond acceptors (Lipinski definition) is 3. The van der Waals surface area contributed by atoms with Crippen molar-refractivity contribution >= 4 is 23.6 Å². The van der Waals surface area contributed by atoms with Gasteiger partial charge in [0.1, 0.15) is 6.04 Å². The fraction of sp³-hybridized carbons (Fsp3) is 0.333. The molecular weight excluding hydrogens is 452 g/mol. The normalized spacial score (nSPS) is 11.6. The number of hydrogen-bond donors (Lipinski definition) is 1. The summed E-state index contributed by atoms with van der Waals surface area (Å²) in [4.78, 5) is 28.7. The van der Waals surface area contributed by atoms with Crippen LogP contribution in [0.2, 0.25) is 0 Å². The lowest BCUT2D eigenvalue weighted by molar-refractivity contribution is -0.139. The predicted molar refractivity (Wildman–Crippen MR) is 146 cm³/mol. The maximum Gasteiger partial charge on any atom is 0.243 e. The van der Waals surface area contributed by atoms with E-state index in [0.717, 1.165) is 23.3 Å². The molecule has 0 bridgehead atoms. The Morgan fingerprint density at radius 1 is 0.857 bits per heavy atom. The predicted octanol–water partition coefficient (Wildman–Crippen LogP) is 5.70. The number of carbonyl (C=O) groups excluding carboxylic acids is 2. The highest BCUT2D eigenvalue weighted by Gasteiger charge is 2.30. The van der Waals surface area contributed by atoms with Gasteiger partial charge in [0.15, 0.2) is 0 Å². The Kier molecular flexibility index (Phi) is 10.4. The number of nitrogens with zero attached hydrogens (tertiary/aromatic N) is 1. The number of thioether (sulfide) groups is 1. The summed E-state index contributed by atoms with van der Waals surface area (Å²) in [5.74, 6) is 0.971. The molecule has 0 aromatic heterocycles. The molecule has 0 aliphatic heterocycles. The lowest BCUT2D eigenvalue weighted by Crippen LogP contribution is -2.51. The van der Waals surface area contributed by atoms with Gasteiger partial charge in [-0.3, -0.25) is 9.59 Å². The first kappa shape index (κ1) is 26.6. The highest BCUT2D eigenvalue weighted by Crippen LogP contribution is 2.19. The van der Waals surface area contributed by atoms with Crippen LogP contribution in [0.5, 0.6) is 0 Å². The van der Waals surface area contributed by atoms with E-state index >= 15 is 0 Å². The minimum atomic E-state index is -0.572. The molecule has 3 aromatic rings. The molecule has 1 N–H and O–H groups in total. The minimum Gasteiger partial charge on any atom is -0.354 e. The molecule has 3 rings (SSSR count). The topological polar surface area (TPSA) is 49.4 Å². The van der Waals surface area contributed by atoms with Crippen LogP contribution >= 0.6 is 11.8 Å². The summed E-state index contributed by atoms with van der Waals surface area (Å²) in [6.45, 7) is 7.15. The van der Waals surface area contributed by atoms with E-state index in [2.05, 4.69) is 30.4 Å². The molecule has 35 heavy (non-hydrogen) atoms.